The number of ether oxygens (including phenoxy) is 1. The molecule has 0 bridgehead atoms. The second-order valence-corrected chi connectivity index (χ2v) is 5.76. The lowest BCUT2D eigenvalue weighted by atomic mass is 10.0. The van der Waals surface area contributed by atoms with Gasteiger partial charge in [0.2, 0.25) is 0 Å². The monoisotopic (exact) mass is 289 g/mol. The number of carbonyl (C=O) groups is 2. The van der Waals surface area contributed by atoms with E-state index in [4.69, 9.17) is 4.74 Å². The first-order valence-corrected chi connectivity index (χ1v) is 7.03. The Labute approximate surface area is 126 Å². The average Bonchev–Trinajstić information content (AvgIpc) is 2.36. The van der Waals surface area contributed by atoms with Crippen LogP contribution in [0.3, 0.4) is 0 Å². The molecule has 0 radical (unpaired) electrons. The van der Waals surface area contributed by atoms with E-state index in [1.54, 1.807) is 13.0 Å². The molecule has 0 saturated heterocycles. The summed E-state index contributed by atoms with van der Waals surface area (Å²) in [6, 6.07) is 7.44. The molecule has 0 saturated carbocycles. The van der Waals surface area contributed by atoms with Gasteiger partial charge in [0.1, 0.15) is 5.60 Å². The van der Waals surface area contributed by atoms with Crippen LogP contribution < -0.4 is 5.32 Å². The Kier molecular flexibility index (Phi) is 6.15. The molecule has 0 spiro atoms. The van der Waals surface area contributed by atoms with Crippen molar-refractivity contribution in [1.29, 1.82) is 0 Å². The van der Waals surface area contributed by atoms with Crippen molar-refractivity contribution >= 4 is 18.0 Å². The van der Waals surface area contributed by atoms with Gasteiger partial charge in [0.05, 0.1) is 0 Å². The summed E-state index contributed by atoms with van der Waals surface area (Å²) in [6.07, 6.45) is 4.08. The van der Waals surface area contributed by atoms with Gasteiger partial charge in [0.15, 0.2) is 5.78 Å². The molecule has 1 N–H and O–H groups in total. The summed E-state index contributed by atoms with van der Waals surface area (Å²) < 4.78 is 5.13. The van der Waals surface area contributed by atoms with Crippen LogP contribution in [-0.4, -0.2) is 24.0 Å². The molecule has 0 aliphatic carbocycles. The van der Waals surface area contributed by atoms with E-state index < -0.39 is 11.7 Å². The Morgan fingerprint density at radius 2 is 1.90 bits per heavy atom. The molecule has 0 fully saturated rings. The molecule has 4 heteroatoms. The van der Waals surface area contributed by atoms with Gasteiger partial charge in [0.25, 0.3) is 0 Å². The molecule has 0 aliphatic heterocycles. The minimum atomic E-state index is -0.486. The topological polar surface area (TPSA) is 55.4 Å². The molecule has 21 heavy (non-hydrogen) atoms. The van der Waals surface area contributed by atoms with E-state index in [-0.39, 0.29) is 5.78 Å². The molecule has 1 aromatic rings. The third kappa shape index (κ3) is 6.75. The number of alkyl carbamates (subject to hydrolysis) is 1. The predicted octanol–water partition coefficient (Wildman–Crippen LogP) is 3.82. The van der Waals surface area contributed by atoms with Crippen LogP contribution in [0, 0.1) is 0 Å². The molecule has 0 atom stereocenters. The van der Waals surface area contributed by atoms with Crippen LogP contribution in [0.4, 0.5) is 4.79 Å². The molecule has 0 aliphatic rings. The molecule has 114 valence electrons. The van der Waals surface area contributed by atoms with Gasteiger partial charge in [-0.05, 0) is 39.7 Å². The van der Waals surface area contributed by atoms with Crippen molar-refractivity contribution in [3.8, 4) is 0 Å². The van der Waals surface area contributed by atoms with Gasteiger partial charge in [-0.25, -0.2) is 4.79 Å². The second-order valence-electron chi connectivity index (χ2n) is 5.76. The Balaban J connectivity index is 2.43. The summed E-state index contributed by atoms with van der Waals surface area (Å²) in [5.74, 6) is 0.0436. The highest BCUT2D eigenvalue weighted by molar-refractivity contribution is 5.97. The Morgan fingerprint density at radius 3 is 2.52 bits per heavy atom. The highest BCUT2D eigenvalue weighted by atomic mass is 16.6. The van der Waals surface area contributed by atoms with Crippen molar-refractivity contribution in [2.45, 2.75) is 39.7 Å². The summed E-state index contributed by atoms with van der Waals surface area (Å²) in [6.45, 7) is 7.52. The van der Waals surface area contributed by atoms with Crippen molar-refractivity contribution in [3.05, 3.63) is 41.5 Å². The Bertz CT molecular complexity index is 527. The third-order valence-corrected chi connectivity index (χ3v) is 2.62. The third-order valence-electron chi connectivity index (χ3n) is 2.62. The largest absolute Gasteiger partial charge is 0.444 e. The predicted molar refractivity (Wildman–Crippen MR) is 84.3 cm³/mol. The molecule has 4 nitrogen and oxygen atoms in total. The number of hydrogen-bond acceptors (Lipinski definition) is 3. The lowest BCUT2D eigenvalue weighted by molar-refractivity contribution is 0.0528. The van der Waals surface area contributed by atoms with Gasteiger partial charge >= 0.3 is 6.09 Å². The fraction of sp³-hybridized carbons (Fsp3) is 0.412. The minimum Gasteiger partial charge on any atom is -0.444 e. The molecule has 0 unspecified atom stereocenters. The van der Waals surface area contributed by atoms with Crippen LogP contribution in [0.1, 0.15) is 50.0 Å². The zero-order valence-corrected chi connectivity index (χ0v) is 13.1. The van der Waals surface area contributed by atoms with Crippen LogP contribution in [0.15, 0.2) is 30.3 Å². The van der Waals surface area contributed by atoms with E-state index in [0.717, 1.165) is 5.56 Å². The van der Waals surface area contributed by atoms with Gasteiger partial charge < -0.3 is 10.1 Å². The second kappa shape index (κ2) is 7.62. The fourth-order valence-electron chi connectivity index (χ4n) is 1.75. The van der Waals surface area contributed by atoms with Crippen molar-refractivity contribution in [2.24, 2.45) is 0 Å². The molecule has 1 amide bonds. The number of carbonyl (C=O) groups excluding carboxylic acids is 2. The molecule has 1 rings (SSSR count). The Morgan fingerprint density at radius 1 is 1.24 bits per heavy atom. The van der Waals surface area contributed by atoms with Crippen LogP contribution in [0.2, 0.25) is 0 Å². The quantitative estimate of drug-likeness (QED) is 0.662. The highest BCUT2D eigenvalue weighted by Gasteiger charge is 2.15. The maximum absolute atomic E-state index is 11.5. The molecular weight excluding hydrogens is 266 g/mol. The first kappa shape index (κ1) is 17.0. The van der Waals surface area contributed by atoms with E-state index in [1.165, 1.54) is 0 Å². The minimum absolute atomic E-state index is 0.0436. The first-order valence-electron chi connectivity index (χ1n) is 7.03. The summed E-state index contributed by atoms with van der Waals surface area (Å²) in [7, 11) is 0. The maximum Gasteiger partial charge on any atom is 0.407 e. The van der Waals surface area contributed by atoms with Crippen molar-refractivity contribution in [2.75, 3.05) is 6.54 Å². The van der Waals surface area contributed by atoms with Crippen molar-refractivity contribution in [1.82, 2.24) is 5.32 Å². The molecule has 1 aromatic carbocycles. The summed E-state index contributed by atoms with van der Waals surface area (Å²) in [5, 5.41) is 2.68. The van der Waals surface area contributed by atoms with Gasteiger partial charge in [0, 0.05) is 12.1 Å². The molecular formula is C17H23NO3. The van der Waals surface area contributed by atoms with Crippen LogP contribution in [0.5, 0.6) is 0 Å². The number of rotatable bonds is 5. The van der Waals surface area contributed by atoms with Crippen LogP contribution in [0.25, 0.3) is 6.08 Å². The average molecular weight is 289 g/mol. The normalized spacial score (nSPS) is 11.4. The van der Waals surface area contributed by atoms with Gasteiger partial charge in [-0.1, -0.05) is 36.4 Å². The maximum atomic E-state index is 11.5. The van der Waals surface area contributed by atoms with Crippen LogP contribution in [-0.2, 0) is 4.74 Å². The van der Waals surface area contributed by atoms with E-state index in [0.29, 0.717) is 18.5 Å². The number of Topliss-reactive ketones (excluding diaryl/α,β-unsaturated/α-hetero) is 1. The molecule has 0 aromatic heterocycles. The van der Waals surface area contributed by atoms with E-state index in [2.05, 4.69) is 5.32 Å². The lowest BCUT2D eigenvalue weighted by Crippen LogP contribution is -2.32. The van der Waals surface area contributed by atoms with E-state index >= 15 is 0 Å². The van der Waals surface area contributed by atoms with E-state index in [1.807, 2.05) is 51.1 Å². The lowest BCUT2D eigenvalue weighted by Gasteiger charge is -2.19. The van der Waals surface area contributed by atoms with Crippen LogP contribution >= 0.6 is 0 Å². The number of ketones is 1. The summed E-state index contributed by atoms with van der Waals surface area (Å²) >= 11 is 0. The number of amides is 1. The fourth-order valence-corrected chi connectivity index (χ4v) is 1.75. The van der Waals surface area contributed by atoms with Gasteiger partial charge in [-0.15, -0.1) is 0 Å². The van der Waals surface area contributed by atoms with Gasteiger partial charge in [-0.2, -0.15) is 0 Å². The Hall–Kier alpha value is -2.10. The summed E-state index contributed by atoms with van der Waals surface area (Å²) in [5.41, 5.74) is 1.11. The number of hydrogen-bond donors (Lipinski definition) is 1. The standard InChI is InChI=1S/C17H23NO3/c1-13(19)15-11-6-5-9-14(15)10-7-8-12-18-16(20)21-17(2,3)4/h5-7,9-11H,8,12H2,1-4H3,(H,18,20). The zero-order chi connectivity index (χ0) is 15.9. The first-order chi connectivity index (χ1) is 9.79. The highest BCUT2D eigenvalue weighted by Crippen LogP contribution is 2.11. The summed E-state index contributed by atoms with van der Waals surface area (Å²) in [4.78, 5) is 22.9. The van der Waals surface area contributed by atoms with Crippen molar-refractivity contribution < 1.29 is 14.3 Å². The zero-order valence-electron chi connectivity index (χ0n) is 13.1. The number of nitrogens with one attached hydrogen (secondary N) is 1. The SMILES string of the molecule is CC(=O)c1ccccc1C=CCCNC(=O)OC(C)(C)C. The van der Waals surface area contributed by atoms with E-state index in [9.17, 15) is 9.59 Å². The van der Waals surface area contributed by atoms with Gasteiger partial charge in [-0.3, -0.25) is 4.79 Å². The smallest absolute Gasteiger partial charge is 0.407 e. The molecule has 0 heterocycles. The number of benzene rings is 1. The van der Waals surface area contributed by atoms with Crippen molar-refractivity contribution in [3.63, 3.8) is 0 Å².